The Morgan fingerprint density at radius 3 is 2.45 bits per heavy atom. The lowest BCUT2D eigenvalue weighted by molar-refractivity contribution is 0.0632. The topological polar surface area (TPSA) is 72.6 Å². The number of aryl methyl sites for hydroxylation is 1. The number of ether oxygens (including phenoxy) is 1. The van der Waals surface area contributed by atoms with Crippen LogP contribution in [0.3, 0.4) is 0 Å². The average molecular weight is 298 g/mol. The minimum absolute atomic E-state index is 0.00557. The summed E-state index contributed by atoms with van der Waals surface area (Å²) >= 11 is 0. The van der Waals surface area contributed by atoms with Crippen molar-refractivity contribution in [3.63, 3.8) is 0 Å². The summed E-state index contributed by atoms with van der Waals surface area (Å²) in [5.74, 6) is 0. The van der Waals surface area contributed by atoms with Gasteiger partial charge in [0.2, 0.25) is 10.0 Å². The molecular formula is C14H22N2O3S. The molecule has 0 unspecified atom stereocenters. The Kier molecular flexibility index (Phi) is 4.36. The van der Waals surface area contributed by atoms with E-state index in [-0.39, 0.29) is 6.04 Å². The summed E-state index contributed by atoms with van der Waals surface area (Å²) in [7, 11) is -1.88. The third-order valence-electron chi connectivity index (χ3n) is 3.99. The molecule has 1 heterocycles. The molecule has 1 aromatic carbocycles. The predicted molar refractivity (Wildman–Crippen MR) is 79.1 cm³/mol. The summed E-state index contributed by atoms with van der Waals surface area (Å²) in [6.07, 6.45) is 1.46. The van der Waals surface area contributed by atoms with E-state index >= 15 is 0 Å². The maximum absolute atomic E-state index is 12.9. The van der Waals surface area contributed by atoms with Crippen molar-refractivity contribution in [1.29, 1.82) is 0 Å². The van der Waals surface area contributed by atoms with Gasteiger partial charge in [-0.3, -0.25) is 0 Å². The standard InChI is InChI=1S/C14H22N2O3S/c1-10-4-5-13(15)11(2)14(10)20(17,18)16(3)12-6-8-19-9-7-12/h4-5,12H,6-9,15H2,1-3H3. The SMILES string of the molecule is Cc1ccc(N)c(C)c1S(=O)(=O)N(C)C1CCOCC1. The number of rotatable bonds is 3. The van der Waals surface area contributed by atoms with Crippen LogP contribution in [0.4, 0.5) is 5.69 Å². The Morgan fingerprint density at radius 2 is 1.85 bits per heavy atom. The quantitative estimate of drug-likeness (QED) is 0.862. The number of nitrogen functional groups attached to an aromatic ring is 1. The molecule has 0 spiro atoms. The number of benzene rings is 1. The third-order valence-corrected chi connectivity index (χ3v) is 6.19. The van der Waals surface area contributed by atoms with Gasteiger partial charge in [0.15, 0.2) is 0 Å². The summed E-state index contributed by atoms with van der Waals surface area (Å²) in [6.45, 7) is 4.78. The molecule has 1 saturated heterocycles. The second-order valence-electron chi connectivity index (χ2n) is 5.29. The summed E-state index contributed by atoms with van der Waals surface area (Å²) < 4.78 is 32.5. The highest BCUT2D eigenvalue weighted by Crippen LogP contribution is 2.29. The lowest BCUT2D eigenvalue weighted by atomic mass is 10.1. The number of hydrogen-bond donors (Lipinski definition) is 1. The van der Waals surface area contributed by atoms with Gasteiger partial charge in [0.1, 0.15) is 0 Å². The molecule has 1 aliphatic heterocycles. The van der Waals surface area contributed by atoms with Crippen molar-refractivity contribution in [3.05, 3.63) is 23.3 Å². The van der Waals surface area contributed by atoms with Gasteiger partial charge in [-0.15, -0.1) is 0 Å². The monoisotopic (exact) mass is 298 g/mol. The first-order valence-corrected chi connectivity index (χ1v) is 8.21. The fourth-order valence-electron chi connectivity index (χ4n) is 2.63. The Hall–Kier alpha value is -1.11. The molecule has 0 atom stereocenters. The van der Waals surface area contributed by atoms with Gasteiger partial charge >= 0.3 is 0 Å². The molecule has 0 aliphatic carbocycles. The number of sulfonamides is 1. The maximum Gasteiger partial charge on any atom is 0.243 e. The number of nitrogens with two attached hydrogens (primary N) is 1. The molecule has 5 nitrogen and oxygen atoms in total. The fraction of sp³-hybridized carbons (Fsp3) is 0.571. The van der Waals surface area contributed by atoms with Gasteiger partial charge in [0.05, 0.1) is 4.90 Å². The third kappa shape index (κ3) is 2.68. The zero-order chi connectivity index (χ0) is 14.9. The molecule has 20 heavy (non-hydrogen) atoms. The summed E-state index contributed by atoms with van der Waals surface area (Å²) in [4.78, 5) is 0.339. The zero-order valence-corrected chi connectivity index (χ0v) is 13.0. The molecule has 2 rings (SSSR count). The van der Waals surface area contributed by atoms with Crippen molar-refractivity contribution >= 4 is 15.7 Å². The van der Waals surface area contributed by atoms with E-state index in [9.17, 15) is 8.42 Å². The van der Waals surface area contributed by atoms with Crippen molar-refractivity contribution in [2.45, 2.75) is 37.6 Å². The number of anilines is 1. The highest BCUT2D eigenvalue weighted by molar-refractivity contribution is 7.89. The maximum atomic E-state index is 12.9. The first kappa shape index (κ1) is 15.3. The Morgan fingerprint density at radius 1 is 1.25 bits per heavy atom. The molecule has 1 aromatic rings. The molecular weight excluding hydrogens is 276 g/mol. The van der Waals surface area contributed by atoms with E-state index in [2.05, 4.69) is 0 Å². The van der Waals surface area contributed by atoms with Crippen LogP contribution in [0.2, 0.25) is 0 Å². The Balaban J connectivity index is 2.42. The van der Waals surface area contributed by atoms with Crippen molar-refractivity contribution in [2.75, 3.05) is 26.0 Å². The van der Waals surface area contributed by atoms with E-state index in [1.165, 1.54) is 4.31 Å². The van der Waals surface area contributed by atoms with Gasteiger partial charge in [0, 0.05) is 32.0 Å². The van der Waals surface area contributed by atoms with Crippen molar-refractivity contribution in [2.24, 2.45) is 0 Å². The summed E-state index contributed by atoms with van der Waals surface area (Å²) in [5.41, 5.74) is 7.73. The van der Waals surface area contributed by atoms with Gasteiger partial charge in [-0.25, -0.2) is 8.42 Å². The molecule has 0 bridgehead atoms. The van der Waals surface area contributed by atoms with E-state index < -0.39 is 10.0 Å². The first-order chi connectivity index (χ1) is 9.35. The summed E-state index contributed by atoms with van der Waals surface area (Å²) in [5, 5.41) is 0. The van der Waals surface area contributed by atoms with E-state index in [4.69, 9.17) is 10.5 Å². The second kappa shape index (κ2) is 5.71. The van der Waals surface area contributed by atoms with Gasteiger partial charge in [-0.05, 0) is 43.9 Å². The van der Waals surface area contributed by atoms with Crippen LogP contribution in [0.1, 0.15) is 24.0 Å². The van der Waals surface area contributed by atoms with Crippen molar-refractivity contribution in [1.82, 2.24) is 4.31 Å². The number of nitrogens with zero attached hydrogens (tertiary/aromatic N) is 1. The van der Waals surface area contributed by atoms with Crippen LogP contribution >= 0.6 is 0 Å². The van der Waals surface area contributed by atoms with Crippen molar-refractivity contribution < 1.29 is 13.2 Å². The van der Waals surface area contributed by atoms with Gasteiger partial charge in [0.25, 0.3) is 0 Å². The van der Waals surface area contributed by atoms with E-state index in [0.717, 1.165) is 18.4 Å². The van der Waals surface area contributed by atoms with Gasteiger partial charge in [-0.1, -0.05) is 6.07 Å². The summed E-state index contributed by atoms with van der Waals surface area (Å²) in [6, 6.07) is 3.50. The lowest BCUT2D eigenvalue weighted by Gasteiger charge is -2.31. The van der Waals surface area contributed by atoms with Crippen LogP contribution in [-0.4, -0.2) is 39.0 Å². The van der Waals surface area contributed by atoms with E-state index in [1.807, 2.05) is 0 Å². The van der Waals surface area contributed by atoms with Crippen LogP contribution in [0.15, 0.2) is 17.0 Å². The van der Waals surface area contributed by atoms with E-state index in [1.54, 1.807) is 33.0 Å². The fourth-order valence-corrected chi connectivity index (χ4v) is 4.50. The smallest absolute Gasteiger partial charge is 0.243 e. The predicted octanol–water partition coefficient (Wildman–Crippen LogP) is 1.69. The minimum atomic E-state index is -3.52. The van der Waals surface area contributed by atoms with Crippen LogP contribution < -0.4 is 5.73 Å². The molecule has 112 valence electrons. The molecule has 0 amide bonds. The van der Waals surface area contributed by atoms with E-state index in [0.29, 0.717) is 29.4 Å². The largest absolute Gasteiger partial charge is 0.398 e. The number of hydrogen-bond acceptors (Lipinski definition) is 4. The highest BCUT2D eigenvalue weighted by atomic mass is 32.2. The van der Waals surface area contributed by atoms with Crippen LogP contribution in [0, 0.1) is 13.8 Å². The molecule has 0 aromatic heterocycles. The Labute approximate surface area is 120 Å². The molecule has 0 saturated carbocycles. The van der Waals surface area contributed by atoms with Crippen molar-refractivity contribution in [3.8, 4) is 0 Å². The molecule has 1 fully saturated rings. The lowest BCUT2D eigenvalue weighted by Crippen LogP contribution is -2.41. The Bertz CT molecular complexity index is 593. The van der Waals surface area contributed by atoms with Gasteiger partial charge < -0.3 is 10.5 Å². The molecule has 2 N–H and O–H groups in total. The second-order valence-corrected chi connectivity index (χ2v) is 7.22. The van der Waals surface area contributed by atoms with Crippen LogP contribution in [-0.2, 0) is 14.8 Å². The molecule has 1 aliphatic rings. The van der Waals surface area contributed by atoms with Crippen LogP contribution in [0.5, 0.6) is 0 Å². The molecule has 6 heteroatoms. The highest BCUT2D eigenvalue weighted by Gasteiger charge is 2.31. The first-order valence-electron chi connectivity index (χ1n) is 6.77. The average Bonchev–Trinajstić information content (AvgIpc) is 2.43. The zero-order valence-electron chi connectivity index (χ0n) is 12.2. The minimum Gasteiger partial charge on any atom is -0.398 e. The van der Waals surface area contributed by atoms with Gasteiger partial charge in [-0.2, -0.15) is 4.31 Å². The van der Waals surface area contributed by atoms with Crippen LogP contribution in [0.25, 0.3) is 0 Å². The normalized spacial score (nSPS) is 17.6. The molecule has 0 radical (unpaired) electrons.